The summed E-state index contributed by atoms with van der Waals surface area (Å²) < 4.78 is 11.4. The van der Waals surface area contributed by atoms with Crippen molar-refractivity contribution in [2.75, 3.05) is 12.4 Å². The topological polar surface area (TPSA) is 64.2 Å². The van der Waals surface area contributed by atoms with E-state index in [2.05, 4.69) is 16.9 Å². The third-order valence-electron chi connectivity index (χ3n) is 3.17. The predicted octanol–water partition coefficient (Wildman–Crippen LogP) is 3.43. The third-order valence-corrected chi connectivity index (χ3v) is 4.01. The van der Waals surface area contributed by atoms with Gasteiger partial charge in [-0.3, -0.25) is 4.79 Å². The number of nitrogens with zero attached hydrogens (tertiary/aromatic N) is 1. The Balaban J connectivity index is 1.76. The number of aryl methyl sites for hydroxylation is 1. The fourth-order valence-corrected chi connectivity index (χ4v) is 2.59. The molecule has 1 N–H and O–H groups in total. The summed E-state index contributed by atoms with van der Waals surface area (Å²) in [5, 5.41) is 0.621. The second-order valence-corrected chi connectivity index (χ2v) is 6.28. The summed E-state index contributed by atoms with van der Waals surface area (Å²) in [5.41, 5.74) is 0.590. The average Bonchev–Trinajstić information content (AvgIpc) is 2.52. The van der Waals surface area contributed by atoms with Crippen LogP contribution in [0.15, 0.2) is 40.3 Å². The maximum absolute atomic E-state index is 11.3. The van der Waals surface area contributed by atoms with E-state index in [1.807, 2.05) is 31.2 Å². The van der Waals surface area contributed by atoms with Crippen molar-refractivity contribution in [1.82, 2.24) is 9.97 Å². The van der Waals surface area contributed by atoms with Gasteiger partial charge in [0.05, 0.1) is 12.7 Å². The molecule has 0 aliphatic heterocycles. The minimum Gasteiger partial charge on any atom is -0.493 e. The maximum Gasteiger partial charge on any atom is 0.251 e. The van der Waals surface area contributed by atoms with Gasteiger partial charge in [-0.25, -0.2) is 4.98 Å². The number of aromatic amines is 1. The molecular formula is C17H22N2O3S. The highest BCUT2D eigenvalue weighted by Gasteiger charge is 2.02. The lowest BCUT2D eigenvalue weighted by Gasteiger charge is -2.13. The fraction of sp³-hybridized carbons (Fsp3) is 0.412. The normalized spacial score (nSPS) is 12.0. The molecule has 0 saturated heterocycles. The van der Waals surface area contributed by atoms with Crippen LogP contribution in [0.2, 0.25) is 0 Å². The van der Waals surface area contributed by atoms with Crippen LogP contribution in [0, 0.1) is 6.92 Å². The molecule has 5 nitrogen and oxygen atoms in total. The standard InChI is InChI=1S/C17H22N2O3S/c1-4-13(3)22-15-7-5-14(6-8-15)21-9-10-23-17-18-12(2)11-16(20)19-17/h5-8,11,13H,4,9-10H2,1-3H3,(H,18,19,20)/t13-/m1/s1. The molecule has 124 valence electrons. The Kier molecular flexibility index (Phi) is 6.52. The van der Waals surface area contributed by atoms with Crippen molar-refractivity contribution in [1.29, 1.82) is 0 Å². The molecule has 23 heavy (non-hydrogen) atoms. The molecule has 0 spiro atoms. The van der Waals surface area contributed by atoms with Crippen molar-refractivity contribution in [2.24, 2.45) is 0 Å². The van der Waals surface area contributed by atoms with Crippen molar-refractivity contribution >= 4 is 11.8 Å². The van der Waals surface area contributed by atoms with E-state index in [1.54, 1.807) is 6.92 Å². The minimum atomic E-state index is -0.127. The molecule has 0 amide bonds. The van der Waals surface area contributed by atoms with E-state index < -0.39 is 0 Å². The van der Waals surface area contributed by atoms with Crippen molar-refractivity contribution in [3.05, 3.63) is 46.4 Å². The minimum absolute atomic E-state index is 0.127. The molecule has 0 aliphatic carbocycles. The number of aromatic nitrogens is 2. The highest BCUT2D eigenvalue weighted by Crippen LogP contribution is 2.20. The number of ether oxygens (including phenoxy) is 2. The van der Waals surface area contributed by atoms with Gasteiger partial charge < -0.3 is 14.5 Å². The first kappa shape index (κ1) is 17.4. The van der Waals surface area contributed by atoms with Crippen LogP contribution >= 0.6 is 11.8 Å². The summed E-state index contributed by atoms with van der Waals surface area (Å²) >= 11 is 1.47. The van der Waals surface area contributed by atoms with Gasteiger partial charge >= 0.3 is 0 Å². The molecule has 0 bridgehead atoms. The molecule has 0 fully saturated rings. The molecule has 1 atom stereocenters. The van der Waals surface area contributed by atoms with E-state index in [4.69, 9.17) is 9.47 Å². The van der Waals surface area contributed by atoms with E-state index >= 15 is 0 Å². The predicted molar refractivity (Wildman–Crippen MR) is 92.6 cm³/mol. The SMILES string of the molecule is CC[C@@H](C)Oc1ccc(OCCSc2nc(C)cc(=O)[nH]2)cc1. The Bertz CT molecular complexity index is 670. The van der Waals surface area contributed by atoms with E-state index in [0.717, 1.165) is 17.9 Å². The second-order valence-electron chi connectivity index (χ2n) is 5.20. The maximum atomic E-state index is 11.3. The van der Waals surface area contributed by atoms with Crippen molar-refractivity contribution < 1.29 is 9.47 Å². The van der Waals surface area contributed by atoms with Gasteiger partial charge in [0.2, 0.25) is 0 Å². The lowest BCUT2D eigenvalue weighted by molar-refractivity contribution is 0.217. The van der Waals surface area contributed by atoms with Gasteiger partial charge in [-0.1, -0.05) is 18.7 Å². The summed E-state index contributed by atoms with van der Waals surface area (Å²) in [4.78, 5) is 18.3. The van der Waals surface area contributed by atoms with Gasteiger partial charge in [-0.05, 0) is 44.5 Å². The summed E-state index contributed by atoms with van der Waals surface area (Å²) in [7, 11) is 0. The van der Waals surface area contributed by atoms with E-state index in [9.17, 15) is 4.79 Å². The molecule has 0 saturated carbocycles. The van der Waals surface area contributed by atoms with Gasteiger partial charge in [0.1, 0.15) is 11.5 Å². The second kappa shape index (κ2) is 8.62. The van der Waals surface area contributed by atoms with Crippen LogP contribution in [-0.2, 0) is 0 Å². The number of rotatable bonds is 8. The number of hydrogen-bond donors (Lipinski definition) is 1. The van der Waals surface area contributed by atoms with Crippen molar-refractivity contribution in [2.45, 2.75) is 38.5 Å². The monoisotopic (exact) mass is 334 g/mol. The van der Waals surface area contributed by atoms with E-state index in [1.165, 1.54) is 17.8 Å². The molecule has 1 aromatic carbocycles. The van der Waals surface area contributed by atoms with Crippen LogP contribution in [0.1, 0.15) is 26.0 Å². The number of benzene rings is 1. The average molecular weight is 334 g/mol. The lowest BCUT2D eigenvalue weighted by Crippen LogP contribution is -2.10. The molecule has 1 aromatic heterocycles. The highest BCUT2D eigenvalue weighted by atomic mass is 32.2. The third kappa shape index (κ3) is 5.98. The molecule has 0 radical (unpaired) electrons. The molecular weight excluding hydrogens is 312 g/mol. The smallest absolute Gasteiger partial charge is 0.251 e. The number of thioether (sulfide) groups is 1. The van der Waals surface area contributed by atoms with Crippen LogP contribution in [0.25, 0.3) is 0 Å². The van der Waals surface area contributed by atoms with E-state index in [0.29, 0.717) is 23.2 Å². The number of hydrogen-bond acceptors (Lipinski definition) is 5. The van der Waals surface area contributed by atoms with Gasteiger partial charge in [-0.15, -0.1) is 0 Å². The Morgan fingerprint density at radius 3 is 2.61 bits per heavy atom. The molecule has 1 heterocycles. The molecule has 0 aliphatic rings. The first-order valence-corrected chi connectivity index (χ1v) is 8.65. The Hall–Kier alpha value is -1.95. The van der Waals surface area contributed by atoms with Crippen LogP contribution < -0.4 is 15.0 Å². The Morgan fingerprint density at radius 2 is 1.96 bits per heavy atom. The van der Waals surface area contributed by atoms with Crippen LogP contribution in [0.3, 0.4) is 0 Å². The zero-order chi connectivity index (χ0) is 16.7. The van der Waals surface area contributed by atoms with Gasteiger partial charge in [0, 0.05) is 17.5 Å². The Morgan fingerprint density at radius 1 is 1.26 bits per heavy atom. The largest absolute Gasteiger partial charge is 0.493 e. The van der Waals surface area contributed by atoms with Gasteiger partial charge in [0.15, 0.2) is 5.16 Å². The summed E-state index contributed by atoms with van der Waals surface area (Å²) in [6, 6.07) is 9.09. The van der Waals surface area contributed by atoms with Crippen molar-refractivity contribution in [3.63, 3.8) is 0 Å². The summed E-state index contributed by atoms with van der Waals surface area (Å²) in [6.07, 6.45) is 1.19. The quantitative estimate of drug-likeness (QED) is 0.455. The summed E-state index contributed by atoms with van der Waals surface area (Å²) in [5.74, 6) is 2.35. The number of nitrogens with one attached hydrogen (secondary N) is 1. The zero-order valence-electron chi connectivity index (χ0n) is 13.7. The summed E-state index contributed by atoms with van der Waals surface area (Å²) in [6.45, 7) is 6.48. The van der Waals surface area contributed by atoms with Crippen LogP contribution in [0.5, 0.6) is 11.5 Å². The van der Waals surface area contributed by atoms with Gasteiger partial charge in [-0.2, -0.15) is 0 Å². The van der Waals surface area contributed by atoms with Crippen molar-refractivity contribution in [3.8, 4) is 11.5 Å². The van der Waals surface area contributed by atoms with Gasteiger partial charge in [0.25, 0.3) is 5.56 Å². The number of H-pyrrole nitrogens is 1. The van der Waals surface area contributed by atoms with E-state index in [-0.39, 0.29) is 11.7 Å². The van der Waals surface area contributed by atoms with Crippen LogP contribution in [-0.4, -0.2) is 28.4 Å². The first-order valence-electron chi connectivity index (χ1n) is 7.67. The lowest BCUT2D eigenvalue weighted by atomic mass is 10.3. The zero-order valence-corrected chi connectivity index (χ0v) is 14.5. The van der Waals surface area contributed by atoms with Crippen LogP contribution in [0.4, 0.5) is 0 Å². The molecule has 0 unspecified atom stereocenters. The molecule has 2 rings (SSSR count). The molecule has 2 aromatic rings. The first-order chi connectivity index (χ1) is 11.1. The fourth-order valence-electron chi connectivity index (χ4n) is 1.85. The molecule has 6 heteroatoms. The Labute approximate surface area is 140 Å². The highest BCUT2D eigenvalue weighted by molar-refractivity contribution is 7.99.